The molecule has 1 aromatic heterocycles. The highest BCUT2D eigenvalue weighted by molar-refractivity contribution is 5.76. The average molecular weight is 340 g/mol. The van der Waals surface area contributed by atoms with E-state index < -0.39 is 0 Å². The number of carbonyl (C=O) groups is 1. The van der Waals surface area contributed by atoms with Crippen molar-refractivity contribution in [2.45, 2.75) is 65.0 Å². The van der Waals surface area contributed by atoms with Crippen molar-refractivity contribution in [3.63, 3.8) is 0 Å². The van der Waals surface area contributed by atoms with Gasteiger partial charge in [0.05, 0.1) is 12.6 Å². The lowest BCUT2D eigenvalue weighted by molar-refractivity contribution is -0.133. The van der Waals surface area contributed by atoms with Crippen molar-refractivity contribution in [2.24, 2.45) is 0 Å². The molecule has 1 amide bonds. The number of amides is 1. The molecule has 5 nitrogen and oxygen atoms in total. The summed E-state index contributed by atoms with van der Waals surface area (Å²) in [5.41, 5.74) is 1.34. The van der Waals surface area contributed by atoms with E-state index in [1.807, 2.05) is 11.0 Å². The van der Waals surface area contributed by atoms with Gasteiger partial charge in [0, 0.05) is 18.9 Å². The van der Waals surface area contributed by atoms with E-state index in [9.17, 15) is 4.79 Å². The number of hydrogen-bond acceptors (Lipinski definition) is 3. The topological polar surface area (TPSA) is 51.0 Å². The number of aromatic nitrogens is 3. The van der Waals surface area contributed by atoms with Crippen molar-refractivity contribution in [1.29, 1.82) is 0 Å². The van der Waals surface area contributed by atoms with Crippen molar-refractivity contribution in [3.8, 4) is 0 Å². The quantitative estimate of drug-likeness (QED) is 0.753. The fraction of sp³-hybridized carbons (Fsp3) is 0.550. The van der Waals surface area contributed by atoms with Crippen LogP contribution in [0.5, 0.6) is 0 Å². The summed E-state index contributed by atoms with van der Waals surface area (Å²) in [6.45, 7) is 7.75. The third-order valence-electron chi connectivity index (χ3n) is 4.87. The smallest absolute Gasteiger partial charge is 0.223 e. The first kappa shape index (κ1) is 17.6. The van der Waals surface area contributed by atoms with Crippen molar-refractivity contribution >= 4 is 5.91 Å². The Morgan fingerprint density at radius 3 is 2.68 bits per heavy atom. The molecule has 2 heterocycles. The minimum atomic E-state index is 0.236. The largest absolute Gasteiger partial charge is 0.333 e. The van der Waals surface area contributed by atoms with Crippen LogP contribution >= 0.6 is 0 Å². The van der Waals surface area contributed by atoms with Crippen LogP contribution in [0.15, 0.2) is 30.3 Å². The first-order chi connectivity index (χ1) is 12.1. The fourth-order valence-electron chi connectivity index (χ4n) is 3.55. The summed E-state index contributed by atoms with van der Waals surface area (Å²) in [6, 6.07) is 10.7. The summed E-state index contributed by atoms with van der Waals surface area (Å²) in [6.07, 6.45) is 3.64. The number of carbonyl (C=O) groups excluding carboxylic acids is 1. The van der Waals surface area contributed by atoms with Gasteiger partial charge in [0.25, 0.3) is 0 Å². The molecule has 1 aliphatic rings. The van der Waals surface area contributed by atoms with E-state index >= 15 is 0 Å². The SMILES string of the molecule is CC(C)c1nnc2n1[C@@H](C)CN(C(=O)CCCCc1ccccc1)C2. The van der Waals surface area contributed by atoms with E-state index in [4.69, 9.17) is 0 Å². The van der Waals surface area contributed by atoms with Crippen LogP contribution in [0.25, 0.3) is 0 Å². The van der Waals surface area contributed by atoms with E-state index in [0.717, 1.165) is 37.5 Å². The molecule has 0 aliphatic carbocycles. The van der Waals surface area contributed by atoms with E-state index in [1.54, 1.807) is 0 Å². The summed E-state index contributed by atoms with van der Waals surface area (Å²) in [7, 11) is 0. The van der Waals surface area contributed by atoms with Gasteiger partial charge in [-0.3, -0.25) is 4.79 Å². The lowest BCUT2D eigenvalue weighted by Gasteiger charge is -2.33. The predicted molar refractivity (Wildman–Crippen MR) is 98.2 cm³/mol. The molecule has 134 valence electrons. The Morgan fingerprint density at radius 1 is 1.20 bits per heavy atom. The van der Waals surface area contributed by atoms with Gasteiger partial charge in [-0.1, -0.05) is 44.2 Å². The lowest BCUT2D eigenvalue weighted by atomic mass is 10.1. The van der Waals surface area contributed by atoms with E-state index in [0.29, 0.717) is 18.9 Å². The summed E-state index contributed by atoms with van der Waals surface area (Å²) >= 11 is 0. The molecule has 5 heteroatoms. The second kappa shape index (κ2) is 7.81. The maximum absolute atomic E-state index is 12.6. The van der Waals surface area contributed by atoms with Crippen LogP contribution < -0.4 is 0 Å². The van der Waals surface area contributed by atoms with Crippen molar-refractivity contribution in [2.75, 3.05) is 6.54 Å². The molecule has 0 saturated carbocycles. The van der Waals surface area contributed by atoms with Crippen LogP contribution in [0.2, 0.25) is 0 Å². The van der Waals surface area contributed by atoms with Crippen LogP contribution in [-0.2, 0) is 17.8 Å². The molecule has 0 bridgehead atoms. The van der Waals surface area contributed by atoms with E-state index in [2.05, 4.69) is 59.8 Å². The van der Waals surface area contributed by atoms with Crippen LogP contribution in [0.4, 0.5) is 0 Å². The molecule has 2 aromatic rings. The molecular formula is C20H28N4O. The van der Waals surface area contributed by atoms with Gasteiger partial charge in [0.1, 0.15) is 5.82 Å². The van der Waals surface area contributed by atoms with Gasteiger partial charge in [-0.15, -0.1) is 10.2 Å². The Hall–Kier alpha value is -2.17. The molecular weight excluding hydrogens is 312 g/mol. The second-order valence-electron chi connectivity index (χ2n) is 7.32. The number of unbranched alkanes of at least 4 members (excludes halogenated alkanes) is 1. The maximum atomic E-state index is 12.6. The Balaban J connectivity index is 1.51. The molecule has 0 fully saturated rings. The number of hydrogen-bond donors (Lipinski definition) is 0. The van der Waals surface area contributed by atoms with Gasteiger partial charge >= 0.3 is 0 Å². The van der Waals surface area contributed by atoms with Gasteiger partial charge in [-0.2, -0.15) is 0 Å². The third kappa shape index (κ3) is 4.09. The summed E-state index contributed by atoms with van der Waals surface area (Å²) < 4.78 is 2.21. The minimum absolute atomic E-state index is 0.236. The fourth-order valence-corrected chi connectivity index (χ4v) is 3.55. The van der Waals surface area contributed by atoms with Crippen molar-refractivity contribution < 1.29 is 4.79 Å². The highest BCUT2D eigenvalue weighted by Crippen LogP contribution is 2.25. The van der Waals surface area contributed by atoms with Crippen molar-refractivity contribution in [3.05, 3.63) is 47.5 Å². The number of nitrogens with zero attached hydrogens (tertiary/aromatic N) is 4. The molecule has 0 unspecified atom stereocenters. The van der Waals surface area contributed by atoms with Gasteiger partial charge < -0.3 is 9.47 Å². The molecule has 0 spiro atoms. The standard InChI is InChI=1S/C20H28N4O/c1-15(2)20-22-21-18-14-23(13-16(3)24(18)20)19(25)12-8-7-11-17-9-5-4-6-10-17/h4-6,9-10,15-16H,7-8,11-14H2,1-3H3/t16-/m0/s1. The number of benzene rings is 1. The summed E-state index contributed by atoms with van der Waals surface area (Å²) in [5, 5.41) is 8.64. The first-order valence-electron chi connectivity index (χ1n) is 9.31. The second-order valence-corrected chi connectivity index (χ2v) is 7.32. The zero-order chi connectivity index (χ0) is 17.8. The molecule has 1 aliphatic heterocycles. The minimum Gasteiger partial charge on any atom is -0.333 e. The Bertz CT molecular complexity index is 708. The molecule has 0 saturated heterocycles. The highest BCUT2D eigenvalue weighted by Gasteiger charge is 2.29. The zero-order valence-corrected chi connectivity index (χ0v) is 15.5. The molecule has 1 aromatic carbocycles. The molecule has 0 radical (unpaired) electrons. The van der Waals surface area contributed by atoms with Crippen LogP contribution in [0.1, 0.15) is 69.2 Å². The summed E-state index contributed by atoms with van der Waals surface area (Å²) in [5.74, 6) is 2.53. The van der Waals surface area contributed by atoms with Crippen LogP contribution in [0, 0.1) is 0 Å². The lowest BCUT2D eigenvalue weighted by Crippen LogP contribution is -2.40. The molecule has 3 rings (SSSR count). The predicted octanol–water partition coefficient (Wildman–Crippen LogP) is 3.72. The van der Waals surface area contributed by atoms with Crippen molar-refractivity contribution in [1.82, 2.24) is 19.7 Å². The average Bonchev–Trinajstić information content (AvgIpc) is 3.04. The molecule has 25 heavy (non-hydrogen) atoms. The third-order valence-corrected chi connectivity index (χ3v) is 4.87. The maximum Gasteiger partial charge on any atom is 0.223 e. The van der Waals surface area contributed by atoms with Gasteiger partial charge in [0.15, 0.2) is 5.82 Å². The van der Waals surface area contributed by atoms with Gasteiger partial charge in [-0.05, 0) is 31.7 Å². The van der Waals surface area contributed by atoms with Gasteiger partial charge in [0.2, 0.25) is 5.91 Å². The Kier molecular flexibility index (Phi) is 5.51. The number of aryl methyl sites for hydroxylation is 1. The first-order valence-corrected chi connectivity index (χ1v) is 9.31. The Morgan fingerprint density at radius 2 is 1.96 bits per heavy atom. The highest BCUT2D eigenvalue weighted by atomic mass is 16.2. The number of fused-ring (bicyclic) bond motifs is 1. The molecule has 1 atom stereocenters. The Labute approximate surface area is 150 Å². The molecule has 0 N–H and O–H groups in total. The van der Waals surface area contributed by atoms with Crippen LogP contribution in [0.3, 0.4) is 0 Å². The number of rotatable bonds is 6. The normalized spacial score (nSPS) is 17.0. The van der Waals surface area contributed by atoms with E-state index in [1.165, 1.54) is 5.56 Å². The monoisotopic (exact) mass is 340 g/mol. The van der Waals surface area contributed by atoms with Gasteiger partial charge in [-0.25, -0.2) is 0 Å². The summed E-state index contributed by atoms with van der Waals surface area (Å²) in [4.78, 5) is 14.5. The van der Waals surface area contributed by atoms with E-state index in [-0.39, 0.29) is 11.9 Å². The van der Waals surface area contributed by atoms with Crippen LogP contribution in [-0.4, -0.2) is 32.1 Å². The zero-order valence-electron chi connectivity index (χ0n) is 15.5.